The highest BCUT2D eigenvalue weighted by atomic mass is 35.5. The SMILES string of the molecule is CC1=C(Cl)C(N2CCN(C)CC2)=Nc2ccc(C(F)(F)F)c(F)c2CC1. The van der Waals surface area contributed by atoms with Crippen molar-refractivity contribution in [3.05, 3.63) is 39.7 Å². The minimum absolute atomic E-state index is 0.00466. The Kier molecular flexibility index (Phi) is 5.30. The van der Waals surface area contributed by atoms with Crippen LogP contribution in [-0.2, 0) is 12.6 Å². The van der Waals surface area contributed by atoms with E-state index in [0.29, 0.717) is 30.4 Å². The second kappa shape index (κ2) is 7.19. The van der Waals surface area contributed by atoms with E-state index in [9.17, 15) is 17.6 Å². The number of fused-ring (bicyclic) bond motifs is 1. The van der Waals surface area contributed by atoms with Crippen molar-refractivity contribution in [2.75, 3.05) is 33.2 Å². The molecule has 8 heteroatoms. The van der Waals surface area contributed by atoms with Gasteiger partial charge >= 0.3 is 6.18 Å². The second-order valence-corrected chi connectivity index (χ2v) is 7.12. The first-order valence-corrected chi connectivity index (χ1v) is 8.82. The number of amidine groups is 1. The maximum atomic E-state index is 14.5. The summed E-state index contributed by atoms with van der Waals surface area (Å²) < 4.78 is 53.6. The molecule has 3 rings (SSSR count). The molecule has 0 bridgehead atoms. The predicted molar refractivity (Wildman–Crippen MR) is 94.4 cm³/mol. The van der Waals surface area contributed by atoms with Gasteiger partial charge in [-0.25, -0.2) is 9.38 Å². The van der Waals surface area contributed by atoms with Gasteiger partial charge in [0.1, 0.15) is 11.7 Å². The van der Waals surface area contributed by atoms with Crippen LogP contribution in [0.2, 0.25) is 0 Å². The number of likely N-dealkylation sites (N-methyl/N-ethyl adjacent to an activating group) is 1. The predicted octanol–water partition coefficient (Wildman–Crippen LogP) is 4.58. The molecule has 2 heterocycles. The van der Waals surface area contributed by atoms with Crippen LogP contribution in [0.15, 0.2) is 27.7 Å². The van der Waals surface area contributed by atoms with Crippen LogP contribution in [-0.4, -0.2) is 48.9 Å². The van der Waals surface area contributed by atoms with Crippen molar-refractivity contribution >= 4 is 23.1 Å². The average molecular weight is 390 g/mol. The maximum absolute atomic E-state index is 14.5. The lowest BCUT2D eigenvalue weighted by molar-refractivity contribution is -0.140. The molecule has 0 saturated carbocycles. The molecule has 0 N–H and O–H groups in total. The molecule has 0 spiro atoms. The number of allylic oxidation sites excluding steroid dienone is 1. The number of benzene rings is 1. The molecule has 2 aliphatic rings. The van der Waals surface area contributed by atoms with Gasteiger partial charge in [0.2, 0.25) is 0 Å². The lowest BCUT2D eigenvalue weighted by atomic mass is 9.98. The Morgan fingerprint density at radius 1 is 1.08 bits per heavy atom. The maximum Gasteiger partial charge on any atom is 0.419 e. The van der Waals surface area contributed by atoms with Crippen molar-refractivity contribution in [3.63, 3.8) is 0 Å². The molecule has 142 valence electrons. The number of hydrogen-bond donors (Lipinski definition) is 0. The zero-order valence-corrected chi connectivity index (χ0v) is 15.4. The fourth-order valence-electron chi connectivity index (χ4n) is 3.18. The number of piperazine rings is 1. The van der Waals surface area contributed by atoms with Crippen LogP contribution in [0, 0.1) is 5.82 Å². The molecular formula is C18H20ClF4N3. The molecule has 3 nitrogen and oxygen atoms in total. The van der Waals surface area contributed by atoms with E-state index in [1.54, 1.807) is 0 Å². The van der Waals surface area contributed by atoms with Crippen molar-refractivity contribution < 1.29 is 17.6 Å². The van der Waals surface area contributed by atoms with Gasteiger partial charge in [0, 0.05) is 31.7 Å². The largest absolute Gasteiger partial charge is 0.419 e. The fraction of sp³-hybridized carbons (Fsp3) is 0.500. The minimum atomic E-state index is -4.73. The van der Waals surface area contributed by atoms with Gasteiger partial charge in [0.15, 0.2) is 0 Å². The Hall–Kier alpha value is -1.60. The molecule has 26 heavy (non-hydrogen) atoms. The first kappa shape index (κ1) is 19.2. The average Bonchev–Trinajstić information content (AvgIpc) is 2.57. The molecule has 2 aliphatic heterocycles. The number of aliphatic imine (C=N–C) groups is 1. The van der Waals surface area contributed by atoms with Crippen molar-refractivity contribution in [1.29, 1.82) is 0 Å². The van der Waals surface area contributed by atoms with E-state index in [2.05, 4.69) is 9.89 Å². The molecule has 1 aromatic carbocycles. The summed E-state index contributed by atoms with van der Waals surface area (Å²) >= 11 is 6.51. The molecule has 0 atom stereocenters. The summed E-state index contributed by atoms with van der Waals surface area (Å²) in [4.78, 5) is 8.67. The first-order chi connectivity index (χ1) is 12.2. The van der Waals surface area contributed by atoms with Gasteiger partial charge in [-0.15, -0.1) is 0 Å². The minimum Gasteiger partial charge on any atom is -0.353 e. The Morgan fingerprint density at radius 3 is 2.35 bits per heavy atom. The normalized spacial score (nSPS) is 19.8. The number of alkyl halides is 3. The molecule has 0 unspecified atom stereocenters. The number of halogens is 5. The summed E-state index contributed by atoms with van der Waals surface area (Å²) in [6.45, 7) is 4.88. The highest BCUT2D eigenvalue weighted by molar-refractivity contribution is 6.43. The summed E-state index contributed by atoms with van der Waals surface area (Å²) in [6, 6.07) is 1.99. The molecule has 0 radical (unpaired) electrons. The lowest BCUT2D eigenvalue weighted by Crippen LogP contribution is -2.47. The Labute approximate surface area is 154 Å². The van der Waals surface area contributed by atoms with Crippen LogP contribution in [0.4, 0.5) is 23.2 Å². The third-order valence-corrected chi connectivity index (χ3v) is 5.37. The Bertz CT molecular complexity index is 762. The van der Waals surface area contributed by atoms with Gasteiger partial charge in [-0.2, -0.15) is 13.2 Å². The zero-order chi connectivity index (χ0) is 19.1. The Balaban J connectivity index is 2.08. The van der Waals surface area contributed by atoms with E-state index >= 15 is 0 Å². The van der Waals surface area contributed by atoms with Gasteiger partial charge in [0.05, 0.1) is 16.3 Å². The standard InChI is InChI=1S/C18H20ClF4N3/c1-11-3-4-12-14(6-5-13(16(12)20)18(21,22)23)24-17(15(11)19)26-9-7-25(2)8-10-26/h5-6H,3-4,7-10H2,1-2H3. The van der Waals surface area contributed by atoms with Crippen molar-refractivity contribution in [2.45, 2.75) is 25.9 Å². The topological polar surface area (TPSA) is 18.8 Å². The van der Waals surface area contributed by atoms with Crippen molar-refractivity contribution in [2.24, 2.45) is 4.99 Å². The molecular weight excluding hydrogens is 370 g/mol. The Morgan fingerprint density at radius 2 is 1.73 bits per heavy atom. The molecule has 0 aromatic heterocycles. The quantitative estimate of drug-likeness (QED) is 0.605. The summed E-state index contributed by atoms with van der Waals surface area (Å²) in [7, 11) is 2.02. The van der Waals surface area contributed by atoms with E-state index in [1.807, 2.05) is 18.9 Å². The smallest absolute Gasteiger partial charge is 0.353 e. The first-order valence-electron chi connectivity index (χ1n) is 8.45. The monoisotopic (exact) mass is 389 g/mol. The summed E-state index contributed by atoms with van der Waals surface area (Å²) in [5.74, 6) is -0.723. The van der Waals surface area contributed by atoms with E-state index in [-0.39, 0.29) is 17.7 Å². The van der Waals surface area contributed by atoms with Gasteiger partial charge in [0.25, 0.3) is 0 Å². The van der Waals surface area contributed by atoms with E-state index in [0.717, 1.165) is 24.7 Å². The summed E-state index contributed by atoms with van der Waals surface area (Å²) in [5.41, 5.74) is -0.238. The molecule has 1 saturated heterocycles. The zero-order valence-electron chi connectivity index (χ0n) is 14.6. The van der Waals surface area contributed by atoms with Gasteiger partial charge in [-0.05, 0) is 38.9 Å². The number of rotatable bonds is 0. The van der Waals surface area contributed by atoms with Gasteiger partial charge in [-0.1, -0.05) is 17.2 Å². The van der Waals surface area contributed by atoms with Crippen molar-refractivity contribution in [1.82, 2.24) is 9.80 Å². The van der Waals surface area contributed by atoms with Crippen LogP contribution >= 0.6 is 11.6 Å². The number of nitrogens with zero attached hydrogens (tertiary/aromatic N) is 3. The molecule has 1 fully saturated rings. The van der Waals surface area contributed by atoms with Crippen LogP contribution in [0.1, 0.15) is 24.5 Å². The third kappa shape index (κ3) is 3.74. The summed E-state index contributed by atoms with van der Waals surface area (Å²) in [6.07, 6.45) is -4.21. The second-order valence-electron chi connectivity index (χ2n) is 6.74. The van der Waals surface area contributed by atoms with Crippen LogP contribution in [0.3, 0.4) is 0 Å². The highest BCUT2D eigenvalue weighted by Gasteiger charge is 2.36. The summed E-state index contributed by atoms with van der Waals surface area (Å²) in [5, 5.41) is 0.500. The molecule has 1 aromatic rings. The highest BCUT2D eigenvalue weighted by Crippen LogP contribution is 2.38. The van der Waals surface area contributed by atoms with Crippen LogP contribution in [0.25, 0.3) is 0 Å². The van der Waals surface area contributed by atoms with Gasteiger partial charge in [-0.3, -0.25) is 0 Å². The van der Waals surface area contributed by atoms with Gasteiger partial charge < -0.3 is 9.80 Å². The third-order valence-electron chi connectivity index (χ3n) is 4.87. The van der Waals surface area contributed by atoms with E-state index in [4.69, 9.17) is 11.6 Å². The van der Waals surface area contributed by atoms with Crippen LogP contribution in [0.5, 0.6) is 0 Å². The molecule has 0 amide bonds. The van der Waals surface area contributed by atoms with E-state index < -0.39 is 17.6 Å². The number of hydrogen-bond acceptors (Lipinski definition) is 3. The lowest BCUT2D eigenvalue weighted by Gasteiger charge is -2.35. The van der Waals surface area contributed by atoms with E-state index in [1.165, 1.54) is 6.07 Å². The van der Waals surface area contributed by atoms with Crippen LogP contribution < -0.4 is 0 Å². The molecule has 0 aliphatic carbocycles. The fourth-order valence-corrected chi connectivity index (χ4v) is 3.43. The van der Waals surface area contributed by atoms with Crippen molar-refractivity contribution in [3.8, 4) is 0 Å².